The largest absolute Gasteiger partial charge is 0.489 e. The van der Waals surface area contributed by atoms with Crippen LogP contribution in [0.2, 0.25) is 0 Å². The number of ketones is 1. The Kier molecular flexibility index (Phi) is 4.91. The van der Waals surface area contributed by atoms with E-state index in [0.717, 1.165) is 31.4 Å². The minimum Gasteiger partial charge on any atom is -0.489 e. The van der Waals surface area contributed by atoms with Crippen molar-refractivity contribution in [3.8, 4) is 5.75 Å². The number of aromatic nitrogens is 1. The molecule has 0 N–H and O–H groups in total. The molecule has 2 atom stereocenters. The van der Waals surface area contributed by atoms with Crippen LogP contribution in [0.15, 0.2) is 18.3 Å². The fourth-order valence-electron chi connectivity index (χ4n) is 2.41. The van der Waals surface area contributed by atoms with Gasteiger partial charge in [-0.25, -0.2) is 4.98 Å². The van der Waals surface area contributed by atoms with Crippen LogP contribution in [-0.4, -0.2) is 30.1 Å². The highest BCUT2D eigenvalue weighted by atomic mass is 16.5. The van der Waals surface area contributed by atoms with E-state index in [1.807, 2.05) is 13.0 Å². The van der Waals surface area contributed by atoms with Crippen molar-refractivity contribution >= 4 is 5.78 Å². The van der Waals surface area contributed by atoms with Crippen LogP contribution in [0.1, 0.15) is 49.5 Å². The maximum absolute atomic E-state index is 11.5. The number of hydrogen-bond acceptors (Lipinski definition) is 4. The van der Waals surface area contributed by atoms with Crippen LogP contribution in [0.25, 0.3) is 0 Å². The van der Waals surface area contributed by atoms with Crippen molar-refractivity contribution in [2.45, 2.75) is 51.2 Å². The van der Waals surface area contributed by atoms with Crippen LogP contribution in [0, 0.1) is 0 Å². The summed E-state index contributed by atoms with van der Waals surface area (Å²) in [6, 6.07) is 3.56. The number of pyridine rings is 1. The molecule has 1 aliphatic carbocycles. The van der Waals surface area contributed by atoms with Gasteiger partial charge in [-0.05, 0) is 31.4 Å². The Bertz CT molecular complexity index is 416. The van der Waals surface area contributed by atoms with E-state index in [1.54, 1.807) is 19.4 Å². The summed E-state index contributed by atoms with van der Waals surface area (Å²) < 4.78 is 11.3. The summed E-state index contributed by atoms with van der Waals surface area (Å²) in [6.45, 7) is 1.83. The zero-order valence-corrected chi connectivity index (χ0v) is 11.6. The van der Waals surface area contributed by atoms with Gasteiger partial charge < -0.3 is 9.47 Å². The molecule has 104 valence electrons. The average molecular weight is 263 g/mol. The third-order valence-electron chi connectivity index (χ3n) is 3.56. The van der Waals surface area contributed by atoms with E-state index in [0.29, 0.717) is 18.2 Å². The molecule has 1 aliphatic rings. The molecule has 4 heteroatoms. The van der Waals surface area contributed by atoms with Gasteiger partial charge in [-0.2, -0.15) is 0 Å². The first kappa shape index (κ1) is 14.0. The molecule has 0 radical (unpaired) electrons. The Balaban J connectivity index is 1.94. The molecule has 1 saturated carbocycles. The highest BCUT2D eigenvalue weighted by Crippen LogP contribution is 2.25. The molecule has 1 heterocycles. The first-order valence-electron chi connectivity index (χ1n) is 6.91. The molecular formula is C15H21NO3. The fraction of sp³-hybridized carbons (Fsp3) is 0.600. The summed E-state index contributed by atoms with van der Waals surface area (Å²) in [4.78, 5) is 15.6. The maximum Gasteiger partial charge on any atom is 0.180 e. The average Bonchev–Trinajstić information content (AvgIpc) is 2.47. The summed E-state index contributed by atoms with van der Waals surface area (Å²) in [6.07, 6.45) is 6.81. The van der Waals surface area contributed by atoms with E-state index in [4.69, 9.17) is 9.47 Å². The second-order valence-corrected chi connectivity index (χ2v) is 4.92. The number of hydrogen-bond donors (Lipinski definition) is 0. The summed E-state index contributed by atoms with van der Waals surface area (Å²) >= 11 is 0. The summed E-state index contributed by atoms with van der Waals surface area (Å²) in [5, 5.41) is 0. The van der Waals surface area contributed by atoms with Crippen LogP contribution >= 0.6 is 0 Å². The zero-order chi connectivity index (χ0) is 13.7. The second-order valence-electron chi connectivity index (χ2n) is 4.92. The number of nitrogens with zero attached hydrogens (tertiary/aromatic N) is 1. The molecule has 0 amide bonds. The van der Waals surface area contributed by atoms with Crippen molar-refractivity contribution in [1.82, 2.24) is 4.98 Å². The van der Waals surface area contributed by atoms with Gasteiger partial charge in [-0.15, -0.1) is 0 Å². The molecule has 0 spiro atoms. The minimum atomic E-state index is 0.0589. The van der Waals surface area contributed by atoms with Crippen LogP contribution in [0.3, 0.4) is 0 Å². The number of rotatable bonds is 5. The first-order valence-corrected chi connectivity index (χ1v) is 6.91. The summed E-state index contributed by atoms with van der Waals surface area (Å²) in [5.74, 6) is 0.790. The lowest BCUT2D eigenvalue weighted by atomic mass is 9.95. The van der Waals surface area contributed by atoms with Gasteiger partial charge in [0.2, 0.25) is 0 Å². The molecule has 0 bridgehead atoms. The predicted octanol–water partition coefficient (Wildman–Crippen LogP) is 3.01. The Hall–Kier alpha value is -1.42. The number of carbonyl (C=O) groups is 1. The third kappa shape index (κ3) is 3.77. The molecule has 0 saturated heterocycles. The Morgan fingerprint density at radius 3 is 2.79 bits per heavy atom. The second kappa shape index (κ2) is 6.66. The molecule has 0 aromatic carbocycles. The minimum absolute atomic E-state index is 0.0589. The lowest BCUT2D eigenvalue weighted by Crippen LogP contribution is -2.29. The molecular weight excluding hydrogens is 242 g/mol. The standard InChI is InChI=1S/C15H21NO3/c1-3-15(17)14-8-7-13(10-16-14)19-12-6-4-5-11(9-12)18-2/h7-8,10-12H,3-6,9H2,1-2H3. The normalized spacial score (nSPS) is 23.1. The van der Waals surface area contributed by atoms with Gasteiger partial charge in [-0.1, -0.05) is 6.92 Å². The molecule has 4 nitrogen and oxygen atoms in total. The molecule has 0 aliphatic heterocycles. The Labute approximate surface area is 114 Å². The van der Waals surface area contributed by atoms with Crippen molar-refractivity contribution in [2.24, 2.45) is 0 Å². The number of carbonyl (C=O) groups excluding carboxylic acids is 1. The molecule has 2 rings (SSSR count). The van der Waals surface area contributed by atoms with Gasteiger partial charge in [0.1, 0.15) is 17.5 Å². The highest BCUT2D eigenvalue weighted by molar-refractivity contribution is 5.93. The quantitative estimate of drug-likeness (QED) is 0.766. The lowest BCUT2D eigenvalue weighted by Gasteiger charge is -2.28. The lowest BCUT2D eigenvalue weighted by molar-refractivity contribution is 0.0208. The number of Topliss-reactive ketones (excluding diaryl/α,β-unsaturated/α-hetero) is 1. The number of ether oxygens (including phenoxy) is 2. The van der Waals surface area contributed by atoms with Crippen molar-refractivity contribution in [2.75, 3.05) is 7.11 Å². The van der Waals surface area contributed by atoms with Gasteiger partial charge in [0, 0.05) is 20.0 Å². The van der Waals surface area contributed by atoms with Gasteiger partial charge >= 0.3 is 0 Å². The van der Waals surface area contributed by atoms with Crippen LogP contribution < -0.4 is 4.74 Å². The van der Waals surface area contributed by atoms with Crippen molar-refractivity contribution in [1.29, 1.82) is 0 Å². The molecule has 2 unspecified atom stereocenters. The third-order valence-corrected chi connectivity index (χ3v) is 3.56. The van der Waals surface area contributed by atoms with Gasteiger partial charge in [0.25, 0.3) is 0 Å². The highest BCUT2D eigenvalue weighted by Gasteiger charge is 2.23. The van der Waals surface area contributed by atoms with Gasteiger partial charge in [-0.3, -0.25) is 4.79 Å². The van der Waals surface area contributed by atoms with E-state index in [1.165, 1.54) is 0 Å². The topological polar surface area (TPSA) is 48.4 Å². The zero-order valence-electron chi connectivity index (χ0n) is 11.6. The Morgan fingerprint density at radius 2 is 2.16 bits per heavy atom. The fourth-order valence-corrected chi connectivity index (χ4v) is 2.41. The summed E-state index contributed by atoms with van der Waals surface area (Å²) in [7, 11) is 1.75. The predicted molar refractivity (Wildman–Crippen MR) is 72.5 cm³/mol. The first-order chi connectivity index (χ1) is 9.22. The molecule has 1 aromatic rings. The van der Waals surface area contributed by atoms with E-state index >= 15 is 0 Å². The van der Waals surface area contributed by atoms with Crippen molar-refractivity contribution in [3.05, 3.63) is 24.0 Å². The van der Waals surface area contributed by atoms with E-state index in [-0.39, 0.29) is 11.9 Å². The van der Waals surface area contributed by atoms with Crippen molar-refractivity contribution < 1.29 is 14.3 Å². The summed E-state index contributed by atoms with van der Waals surface area (Å²) in [5.41, 5.74) is 0.508. The van der Waals surface area contributed by atoms with E-state index < -0.39 is 0 Å². The van der Waals surface area contributed by atoms with Crippen LogP contribution in [-0.2, 0) is 4.74 Å². The van der Waals surface area contributed by atoms with E-state index in [2.05, 4.69) is 4.98 Å². The molecule has 1 fully saturated rings. The monoisotopic (exact) mass is 263 g/mol. The SMILES string of the molecule is CCC(=O)c1ccc(OC2CCCC(OC)C2)cn1. The molecule has 1 aromatic heterocycles. The van der Waals surface area contributed by atoms with Gasteiger partial charge in [0.15, 0.2) is 5.78 Å². The van der Waals surface area contributed by atoms with E-state index in [9.17, 15) is 4.79 Å². The van der Waals surface area contributed by atoms with Crippen molar-refractivity contribution in [3.63, 3.8) is 0 Å². The smallest absolute Gasteiger partial charge is 0.180 e. The Morgan fingerprint density at radius 1 is 1.37 bits per heavy atom. The maximum atomic E-state index is 11.5. The van der Waals surface area contributed by atoms with Crippen LogP contribution in [0.5, 0.6) is 5.75 Å². The molecule has 19 heavy (non-hydrogen) atoms. The number of methoxy groups -OCH3 is 1. The van der Waals surface area contributed by atoms with Crippen LogP contribution in [0.4, 0.5) is 0 Å². The van der Waals surface area contributed by atoms with Gasteiger partial charge in [0.05, 0.1) is 12.3 Å².